The summed E-state index contributed by atoms with van der Waals surface area (Å²) in [6.07, 6.45) is 0.417. The van der Waals surface area contributed by atoms with Gasteiger partial charge in [0.15, 0.2) is 11.6 Å². The molecule has 2 N–H and O–H groups in total. The van der Waals surface area contributed by atoms with E-state index in [1.807, 2.05) is 13.8 Å². The van der Waals surface area contributed by atoms with Gasteiger partial charge in [0.1, 0.15) is 12.4 Å². The molecule has 0 aliphatic carbocycles. The molecule has 0 atom stereocenters. The van der Waals surface area contributed by atoms with Gasteiger partial charge in [-0.1, -0.05) is 29.9 Å². The van der Waals surface area contributed by atoms with E-state index in [2.05, 4.69) is 10.3 Å². The minimum atomic E-state index is -4.47. The number of benzene rings is 1. The lowest BCUT2D eigenvalue weighted by molar-refractivity contribution is -0.137. The molecule has 3 rings (SSSR count). The lowest BCUT2D eigenvalue weighted by Crippen LogP contribution is -2.46. The van der Waals surface area contributed by atoms with Crippen LogP contribution < -0.4 is 15.0 Å². The molecule has 1 aromatic heterocycles. The molecule has 1 aliphatic heterocycles. The first kappa shape index (κ1) is 22.1. The topological polar surface area (TPSA) is 78.3 Å². The van der Waals surface area contributed by atoms with Crippen molar-refractivity contribution in [3.05, 3.63) is 65.8 Å². The molecule has 0 fully saturated rings. The van der Waals surface area contributed by atoms with E-state index in [-0.39, 0.29) is 36.1 Å². The highest BCUT2D eigenvalue weighted by atomic mass is 19.4. The maximum atomic E-state index is 13.0. The third-order valence-corrected chi connectivity index (χ3v) is 4.33. The number of amidine groups is 1. The van der Waals surface area contributed by atoms with Gasteiger partial charge in [0.2, 0.25) is 0 Å². The summed E-state index contributed by atoms with van der Waals surface area (Å²) in [5, 5.41) is 10.4. The van der Waals surface area contributed by atoms with Crippen LogP contribution >= 0.6 is 0 Å². The molecular formula is C22H21F3N4O2. The Kier molecular flexibility index (Phi) is 6.43. The van der Waals surface area contributed by atoms with Gasteiger partial charge in [-0.2, -0.15) is 13.2 Å². The number of carbonyl (C=O) groups is 1. The first-order valence-corrected chi connectivity index (χ1v) is 9.45. The zero-order chi connectivity index (χ0) is 22.6. The first-order valence-electron chi connectivity index (χ1n) is 9.45. The predicted molar refractivity (Wildman–Crippen MR) is 112 cm³/mol. The molecule has 162 valence electrons. The number of allylic oxidation sites excluding steroid dienone is 3. The van der Waals surface area contributed by atoms with E-state index in [1.165, 1.54) is 23.1 Å². The van der Waals surface area contributed by atoms with Crippen molar-refractivity contribution in [2.45, 2.75) is 20.0 Å². The molecule has 2 heterocycles. The number of fused-ring (bicyclic) bond motifs is 1. The first-order chi connectivity index (χ1) is 14.6. The predicted octanol–water partition coefficient (Wildman–Crippen LogP) is 5.18. The fourth-order valence-electron chi connectivity index (χ4n) is 2.87. The molecule has 2 amide bonds. The number of aromatic nitrogens is 1. The molecule has 0 saturated carbocycles. The van der Waals surface area contributed by atoms with Gasteiger partial charge in [-0.05, 0) is 44.2 Å². The van der Waals surface area contributed by atoms with Crippen LogP contribution in [0.5, 0.6) is 5.75 Å². The summed E-state index contributed by atoms with van der Waals surface area (Å²) >= 11 is 0. The van der Waals surface area contributed by atoms with E-state index in [4.69, 9.17) is 10.1 Å². The quantitative estimate of drug-likeness (QED) is 0.400. The standard InChI is InChI=1S/C22H21F3N4O2/c1-14(2)5-3-8-19(26)28-21(30)29-11-12-31-18-10-9-17(27-20(18)29)15-6-4-7-16(13-15)22(23,24)25/h3-10,13H,11-12H2,1-2H3,(H2,26,28,30)/b8-3-. The van der Waals surface area contributed by atoms with Crippen LogP contribution in [0.1, 0.15) is 19.4 Å². The number of pyridine rings is 1. The number of hydrogen-bond donors (Lipinski definition) is 2. The number of urea groups is 1. The van der Waals surface area contributed by atoms with Crippen molar-refractivity contribution in [3.63, 3.8) is 0 Å². The second-order valence-electron chi connectivity index (χ2n) is 7.04. The second kappa shape index (κ2) is 9.03. The molecule has 0 spiro atoms. The number of alkyl halides is 3. The fraction of sp³-hybridized carbons (Fsp3) is 0.227. The zero-order valence-corrected chi connectivity index (χ0v) is 17.0. The van der Waals surface area contributed by atoms with Crippen molar-refractivity contribution in [3.8, 4) is 17.0 Å². The number of halogens is 3. The van der Waals surface area contributed by atoms with Crippen molar-refractivity contribution < 1.29 is 22.7 Å². The number of hydrogen-bond acceptors (Lipinski definition) is 4. The van der Waals surface area contributed by atoms with Gasteiger partial charge in [0.25, 0.3) is 0 Å². The van der Waals surface area contributed by atoms with Crippen LogP contribution in [-0.2, 0) is 6.18 Å². The number of carbonyl (C=O) groups excluding carboxylic acids is 1. The van der Waals surface area contributed by atoms with Gasteiger partial charge in [0, 0.05) is 5.56 Å². The van der Waals surface area contributed by atoms with Gasteiger partial charge < -0.3 is 4.74 Å². The number of amides is 2. The Bertz CT molecular complexity index is 1060. The Morgan fingerprint density at radius 2 is 2.03 bits per heavy atom. The number of anilines is 1. The molecule has 1 aliphatic rings. The maximum Gasteiger partial charge on any atom is 0.416 e. The molecule has 0 saturated heterocycles. The summed E-state index contributed by atoms with van der Waals surface area (Å²) in [7, 11) is 0. The van der Waals surface area contributed by atoms with Crippen molar-refractivity contribution in [2.75, 3.05) is 18.1 Å². The average Bonchev–Trinajstić information content (AvgIpc) is 2.72. The van der Waals surface area contributed by atoms with Gasteiger partial charge in [-0.25, -0.2) is 9.78 Å². The highest BCUT2D eigenvalue weighted by Crippen LogP contribution is 2.35. The zero-order valence-electron chi connectivity index (χ0n) is 17.0. The van der Waals surface area contributed by atoms with Crippen LogP contribution in [0, 0.1) is 5.41 Å². The van der Waals surface area contributed by atoms with E-state index in [0.717, 1.165) is 17.7 Å². The smallest absolute Gasteiger partial charge is 0.416 e. The van der Waals surface area contributed by atoms with E-state index < -0.39 is 17.8 Å². The third kappa shape index (κ3) is 5.50. The number of ether oxygens (including phenoxy) is 1. The van der Waals surface area contributed by atoms with Crippen LogP contribution in [0.25, 0.3) is 11.3 Å². The SMILES string of the molecule is CC(C)=C/C=C\C(=N)NC(=O)N1CCOc2ccc(-c3cccc(C(F)(F)F)c3)nc21. The Hall–Kier alpha value is -3.62. The van der Waals surface area contributed by atoms with Crippen LogP contribution in [0.2, 0.25) is 0 Å². The molecule has 9 heteroatoms. The largest absolute Gasteiger partial charge is 0.488 e. The summed E-state index contributed by atoms with van der Waals surface area (Å²) in [4.78, 5) is 18.4. The van der Waals surface area contributed by atoms with E-state index in [0.29, 0.717) is 5.75 Å². The molecule has 31 heavy (non-hydrogen) atoms. The highest BCUT2D eigenvalue weighted by molar-refractivity contribution is 6.07. The van der Waals surface area contributed by atoms with Crippen LogP contribution in [0.3, 0.4) is 0 Å². The molecule has 6 nitrogen and oxygen atoms in total. The summed E-state index contributed by atoms with van der Waals surface area (Å²) in [5.74, 6) is 0.410. The molecule has 0 radical (unpaired) electrons. The van der Waals surface area contributed by atoms with Crippen molar-refractivity contribution in [2.24, 2.45) is 0 Å². The monoisotopic (exact) mass is 430 g/mol. The summed E-state index contributed by atoms with van der Waals surface area (Å²) in [5.41, 5.74) is 0.795. The maximum absolute atomic E-state index is 13.0. The third-order valence-electron chi connectivity index (χ3n) is 4.33. The molecular weight excluding hydrogens is 409 g/mol. The van der Waals surface area contributed by atoms with Gasteiger partial charge >= 0.3 is 12.2 Å². The van der Waals surface area contributed by atoms with E-state index >= 15 is 0 Å². The van der Waals surface area contributed by atoms with Crippen LogP contribution in [0.4, 0.5) is 23.8 Å². The molecule has 0 bridgehead atoms. The van der Waals surface area contributed by atoms with E-state index in [1.54, 1.807) is 24.3 Å². The second-order valence-corrected chi connectivity index (χ2v) is 7.04. The highest BCUT2D eigenvalue weighted by Gasteiger charge is 2.31. The van der Waals surface area contributed by atoms with Gasteiger partial charge in [-0.3, -0.25) is 15.6 Å². The van der Waals surface area contributed by atoms with Crippen molar-refractivity contribution in [1.29, 1.82) is 5.41 Å². The van der Waals surface area contributed by atoms with Crippen LogP contribution in [0.15, 0.2) is 60.2 Å². The van der Waals surface area contributed by atoms with Gasteiger partial charge in [0.05, 0.1) is 17.8 Å². The fourth-order valence-corrected chi connectivity index (χ4v) is 2.87. The molecule has 2 aromatic rings. The Labute approximate surface area is 177 Å². The summed E-state index contributed by atoms with van der Waals surface area (Å²) in [6.45, 7) is 4.23. The number of rotatable bonds is 3. The lowest BCUT2D eigenvalue weighted by atomic mass is 10.1. The Morgan fingerprint density at radius 3 is 2.74 bits per heavy atom. The lowest BCUT2D eigenvalue weighted by Gasteiger charge is -2.28. The molecule has 1 aromatic carbocycles. The average molecular weight is 430 g/mol. The molecule has 0 unspecified atom stereocenters. The Balaban J connectivity index is 1.86. The summed E-state index contributed by atoms with van der Waals surface area (Å²) < 4.78 is 44.7. The van der Waals surface area contributed by atoms with Crippen molar-refractivity contribution in [1.82, 2.24) is 10.3 Å². The van der Waals surface area contributed by atoms with Crippen molar-refractivity contribution >= 4 is 17.7 Å². The normalized spacial score (nSPS) is 13.4. The van der Waals surface area contributed by atoms with Crippen LogP contribution in [-0.4, -0.2) is 30.0 Å². The number of nitrogens with one attached hydrogen (secondary N) is 2. The number of nitrogens with zero attached hydrogens (tertiary/aromatic N) is 2. The Morgan fingerprint density at radius 1 is 1.26 bits per heavy atom. The van der Waals surface area contributed by atoms with Gasteiger partial charge in [-0.15, -0.1) is 0 Å². The minimum Gasteiger partial charge on any atom is -0.488 e. The van der Waals surface area contributed by atoms with E-state index in [9.17, 15) is 18.0 Å². The summed E-state index contributed by atoms with van der Waals surface area (Å²) in [6, 6.07) is 7.34. The minimum absolute atomic E-state index is 0.107.